The van der Waals surface area contributed by atoms with Gasteiger partial charge < -0.3 is 19.2 Å². The molecule has 0 radical (unpaired) electrons. The van der Waals surface area contributed by atoms with E-state index in [1.54, 1.807) is 27.7 Å². The molecule has 6 heteroatoms. The second kappa shape index (κ2) is 7.64. The number of H-pyrrole nitrogens is 1. The maximum absolute atomic E-state index is 12.3. The minimum atomic E-state index is -0.469. The standard InChI is InChI=1S/C17H25NO5/c1-10(2)23-16(19)14-11(3)15(18-12(14)4)17(20)22-9-13-7-5-6-8-21-13/h10,13,18H,5-9H2,1-4H3/t13-/m1/s1. The van der Waals surface area contributed by atoms with E-state index in [9.17, 15) is 9.59 Å². The molecule has 0 aromatic carbocycles. The van der Waals surface area contributed by atoms with Gasteiger partial charge in [0.2, 0.25) is 0 Å². The number of esters is 2. The average molecular weight is 323 g/mol. The number of aryl methyl sites for hydroxylation is 1. The number of carbonyl (C=O) groups is 2. The molecule has 6 nitrogen and oxygen atoms in total. The molecule has 1 saturated heterocycles. The first-order chi connectivity index (χ1) is 10.9. The summed E-state index contributed by atoms with van der Waals surface area (Å²) >= 11 is 0. The van der Waals surface area contributed by atoms with E-state index >= 15 is 0 Å². The van der Waals surface area contributed by atoms with Crippen LogP contribution in [0.15, 0.2) is 0 Å². The number of rotatable bonds is 5. The van der Waals surface area contributed by atoms with Gasteiger partial charge in [0.15, 0.2) is 0 Å². The molecule has 128 valence electrons. The van der Waals surface area contributed by atoms with Crippen LogP contribution in [0.4, 0.5) is 0 Å². The smallest absolute Gasteiger partial charge is 0.355 e. The number of aromatic nitrogens is 1. The van der Waals surface area contributed by atoms with Crippen LogP contribution in [0.1, 0.15) is 65.2 Å². The normalized spacial score (nSPS) is 18.0. The fourth-order valence-electron chi connectivity index (χ4n) is 2.71. The van der Waals surface area contributed by atoms with Gasteiger partial charge >= 0.3 is 11.9 Å². The van der Waals surface area contributed by atoms with Crippen molar-refractivity contribution in [3.63, 3.8) is 0 Å². The Bertz CT molecular complexity index is 570. The lowest BCUT2D eigenvalue weighted by molar-refractivity contribution is -0.0302. The molecule has 1 aromatic rings. The van der Waals surface area contributed by atoms with Gasteiger partial charge in [-0.1, -0.05) is 0 Å². The Hall–Kier alpha value is -1.82. The zero-order chi connectivity index (χ0) is 17.0. The predicted molar refractivity (Wildman–Crippen MR) is 84.7 cm³/mol. The summed E-state index contributed by atoms with van der Waals surface area (Å²) < 4.78 is 16.1. The summed E-state index contributed by atoms with van der Waals surface area (Å²) in [6.45, 7) is 7.98. The van der Waals surface area contributed by atoms with Crippen LogP contribution in [0.3, 0.4) is 0 Å². The third kappa shape index (κ3) is 4.34. The molecule has 1 atom stereocenters. The van der Waals surface area contributed by atoms with Gasteiger partial charge in [-0.3, -0.25) is 0 Å². The Balaban J connectivity index is 2.04. The van der Waals surface area contributed by atoms with Crippen LogP contribution < -0.4 is 0 Å². The third-order valence-electron chi connectivity index (χ3n) is 3.86. The van der Waals surface area contributed by atoms with Gasteiger partial charge in [-0.05, 0) is 52.5 Å². The van der Waals surface area contributed by atoms with Crippen molar-refractivity contribution in [2.75, 3.05) is 13.2 Å². The molecule has 23 heavy (non-hydrogen) atoms. The maximum atomic E-state index is 12.3. The Morgan fingerprint density at radius 2 is 2.00 bits per heavy atom. The molecule has 1 N–H and O–H groups in total. The van der Waals surface area contributed by atoms with Crippen molar-refractivity contribution in [1.82, 2.24) is 4.98 Å². The van der Waals surface area contributed by atoms with E-state index < -0.39 is 11.9 Å². The molecule has 0 saturated carbocycles. The van der Waals surface area contributed by atoms with Crippen LogP contribution in [0.2, 0.25) is 0 Å². The number of aromatic amines is 1. The number of nitrogens with one attached hydrogen (secondary N) is 1. The average Bonchev–Trinajstić information content (AvgIpc) is 2.80. The monoisotopic (exact) mass is 323 g/mol. The molecule has 1 aliphatic heterocycles. The zero-order valence-electron chi connectivity index (χ0n) is 14.2. The van der Waals surface area contributed by atoms with E-state index in [1.807, 2.05) is 0 Å². The number of hydrogen-bond donors (Lipinski definition) is 1. The Morgan fingerprint density at radius 1 is 1.26 bits per heavy atom. The van der Waals surface area contributed by atoms with Crippen molar-refractivity contribution in [2.45, 2.75) is 59.2 Å². The van der Waals surface area contributed by atoms with E-state index in [0.29, 0.717) is 29.1 Å². The molecule has 1 aromatic heterocycles. The van der Waals surface area contributed by atoms with Gasteiger partial charge in [0.05, 0.1) is 17.8 Å². The van der Waals surface area contributed by atoms with E-state index in [1.165, 1.54) is 0 Å². The Labute approximate surface area is 136 Å². The van der Waals surface area contributed by atoms with Crippen molar-refractivity contribution in [1.29, 1.82) is 0 Å². The van der Waals surface area contributed by atoms with Crippen LogP contribution in [-0.4, -0.2) is 42.3 Å². The molecule has 0 bridgehead atoms. The molecule has 0 unspecified atom stereocenters. The van der Waals surface area contributed by atoms with Gasteiger partial charge in [-0.25, -0.2) is 9.59 Å². The summed E-state index contributed by atoms with van der Waals surface area (Å²) in [4.78, 5) is 27.3. The summed E-state index contributed by atoms with van der Waals surface area (Å²) in [5.41, 5.74) is 1.87. The van der Waals surface area contributed by atoms with Crippen molar-refractivity contribution < 1.29 is 23.8 Å². The topological polar surface area (TPSA) is 77.6 Å². The number of carbonyl (C=O) groups excluding carboxylic acids is 2. The predicted octanol–water partition coefficient (Wildman–Crippen LogP) is 2.92. The van der Waals surface area contributed by atoms with Crippen molar-refractivity contribution in [3.8, 4) is 0 Å². The second-order valence-corrected chi connectivity index (χ2v) is 6.17. The first kappa shape index (κ1) is 17.5. The lowest BCUT2D eigenvalue weighted by Gasteiger charge is -2.21. The zero-order valence-corrected chi connectivity index (χ0v) is 14.2. The van der Waals surface area contributed by atoms with E-state index in [-0.39, 0.29) is 18.8 Å². The molecule has 0 amide bonds. The summed E-state index contributed by atoms with van der Waals surface area (Å²) in [5, 5.41) is 0. The largest absolute Gasteiger partial charge is 0.459 e. The van der Waals surface area contributed by atoms with Crippen LogP contribution in [0.25, 0.3) is 0 Å². The number of ether oxygens (including phenoxy) is 3. The van der Waals surface area contributed by atoms with Gasteiger partial charge in [-0.2, -0.15) is 0 Å². The van der Waals surface area contributed by atoms with Crippen LogP contribution >= 0.6 is 0 Å². The maximum Gasteiger partial charge on any atom is 0.355 e. The lowest BCUT2D eigenvalue weighted by Crippen LogP contribution is -2.26. The van der Waals surface area contributed by atoms with Crippen LogP contribution in [-0.2, 0) is 14.2 Å². The van der Waals surface area contributed by atoms with Crippen molar-refractivity contribution >= 4 is 11.9 Å². The highest BCUT2D eigenvalue weighted by atomic mass is 16.6. The molecule has 0 aliphatic carbocycles. The Kier molecular flexibility index (Phi) is 5.82. The third-order valence-corrected chi connectivity index (χ3v) is 3.86. The summed E-state index contributed by atoms with van der Waals surface area (Å²) in [6.07, 6.45) is 2.81. The summed E-state index contributed by atoms with van der Waals surface area (Å²) in [7, 11) is 0. The molecule has 0 spiro atoms. The van der Waals surface area contributed by atoms with Crippen LogP contribution in [0.5, 0.6) is 0 Å². The SMILES string of the molecule is Cc1[nH]c(C(=O)OC[C@H]2CCCCO2)c(C)c1C(=O)OC(C)C. The quantitative estimate of drug-likeness (QED) is 0.843. The highest BCUT2D eigenvalue weighted by Crippen LogP contribution is 2.21. The van der Waals surface area contributed by atoms with Crippen molar-refractivity contribution in [3.05, 3.63) is 22.5 Å². The van der Waals surface area contributed by atoms with Gasteiger partial charge in [0.25, 0.3) is 0 Å². The first-order valence-corrected chi connectivity index (χ1v) is 8.09. The number of hydrogen-bond acceptors (Lipinski definition) is 5. The summed E-state index contributed by atoms with van der Waals surface area (Å²) in [5.74, 6) is -0.899. The molecule has 2 heterocycles. The Morgan fingerprint density at radius 3 is 2.61 bits per heavy atom. The van der Waals surface area contributed by atoms with Gasteiger partial charge in [0.1, 0.15) is 12.3 Å². The van der Waals surface area contributed by atoms with Crippen LogP contribution in [0, 0.1) is 13.8 Å². The molecule has 2 rings (SSSR count). The van der Waals surface area contributed by atoms with E-state index in [4.69, 9.17) is 14.2 Å². The lowest BCUT2D eigenvalue weighted by atomic mass is 10.1. The first-order valence-electron chi connectivity index (χ1n) is 8.09. The van der Waals surface area contributed by atoms with Crippen molar-refractivity contribution in [2.24, 2.45) is 0 Å². The summed E-state index contributed by atoms with van der Waals surface area (Å²) in [6, 6.07) is 0. The fourth-order valence-corrected chi connectivity index (χ4v) is 2.71. The second-order valence-electron chi connectivity index (χ2n) is 6.17. The highest BCUT2D eigenvalue weighted by Gasteiger charge is 2.25. The van der Waals surface area contributed by atoms with E-state index in [2.05, 4.69) is 4.98 Å². The minimum absolute atomic E-state index is 0.0329. The molecular formula is C17H25NO5. The van der Waals surface area contributed by atoms with E-state index in [0.717, 1.165) is 19.3 Å². The van der Waals surface area contributed by atoms with Gasteiger partial charge in [0, 0.05) is 12.3 Å². The molecular weight excluding hydrogens is 298 g/mol. The highest BCUT2D eigenvalue weighted by molar-refractivity contribution is 5.98. The minimum Gasteiger partial charge on any atom is -0.459 e. The fraction of sp³-hybridized carbons (Fsp3) is 0.647. The molecule has 1 fully saturated rings. The molecule has 1 aliphatic rings. The van der Waals surface area contributed by atoms with Gasteiger partial charge in [-0.15, -0.1) is 0 Å².